The molecule has 2 rings (SSSR count). The second-order valence-electron chi connectivity index (χ2n) is 6.78. The van der Waals surface area contributed by atoms with E-state index in [1.165, 1.54) is 6.92 Å². The zero-order chi connectivity index (χ0) is 19.8. The summed E-state index contributed by atoms with van der Waals surface area (Å²) in [6.45, 7) is 8.28. The average Bonchev–Trinajstić information content (AvgIpc) is 2.62. The second kappa shape index (κ2) is 9.76. The summed E-state index contributed by atoms with van der Waals surface area (Å²) in [5.74, 6) is 0.580. The van der Waals surface area contributed by atoms with E-state index in [0.29, 0.717) is 13.1 Å². The molecule has 5 nitrogen and oxygen atoms in total. The number of nitrogens with zero attached hydrogens (tertiary/aromatic N) is 1. The fourth-order valence-corrected chi connectivity index (χ4v) is 2.75. The molecule has 0 atom stereocenters. The third kappa shape index (κ3) is 6.44. The van der Waals surface area contributed by atoms with Crippen molar-refractivity contribution in [1.82, 2.24) is 5.32 Å². The fraction of sp³-hybridized carbons (Fsp3) is 0.364. The molecule has 2 amide bonds. The van der Waals surface area contributed by atoms with Crippen LogP contribution in [0.2, 0.25) is 0 Å². The molecule has 0 saturated heterocycles. The van der Waals surface area contributed by atoms with Crippen molar-refractivity contribution < 1.29 is 14.3 Å². The third-order valence-corrected chi connectivity index (χ3v) is 4.20. The van der Waals surface area contributed by atoms with E-state index in [0.717, 1.165) is 22.6 Å². The molecule has 0 spiro atoms. The highest BCUT2D eigenvalue weighted by Crippen LogP contribution is 2.21. The van der Waals surface area contributed by atoms with Crippen molar-refractivity contribution in [3.63, 3.8) is 0 Å². The zero-order valence-corrected chi connectivity index (χ0v) is 16.5. The summed E-state index contributed by atoms with van der Waals surface area (Å²) in [6, 6.07) is 15.3. The molecule has 27 heavy (non-hydrogen) atoms. The van der Waals surface area contributed by atoms with Gasteiger partial charge in [-0.1, -0.05) is 24.3 Å². The lowest BCUT2D eigenvalue weighted by molar-refractivity contribution is -0.121. The van der Waals surface area contributed by atoms with Crippen LogP contribution in [0.1, 0.15) is 38.3 Å². The van der Waals surface area contributed by atoms with Gasteiger partial charge in [-0.25, -0.2) is 0 Å². The first kappa shape index (κ1) is 20.5. The number of benzene rings is 2. The van der Waals surface area contributed by atoms with E-state index >= 15 is 0 Å². The largest absolute Gasteiger partial charge is 0.491 e. The van der Waals surface area contributed by atoms with Gasteiger partial charge in [-0.3, -0.25) is 9.59 Å². The molecule has 0 radical (unpaired) electrons. The number of hydrogen-bond acceptors (Lipinski definition) is 3. The third-order valence-electron chi connectivity index (χ3n) is 4.20. The summed E-state index contributed by atoms with van der Waals surface area (Å²) in [6.07, 6.45) is 0.340. The minimum Gasteiger partial charge on any atom is -0.491 e. The Kier molecular flexibility index (Phi) is 7.41. The van der Waals surface area contributed by atoms with Crippen molar-refractivity contribution in [3.8, 4) is 5.75 Å². The number of rotatable bonds is 8. The van der Waals surface area contributed by atoms with Crippen molar-refractivity contribution in [3.05, 3.63) is 59.7 Å². The second-order valence-corrected chi connectivity index (χ2v) is 6.78. The molecule has 2 aromatic carbocycles. The van der Waals surface area contributed by atoms with Crippen molar-refractivity contribution in [2.75, 3.05) is 11.4 Å². The Hall–Kier alpha value is -2.82. The molecule has 0 aromatic heterocycles. The number of amides is 2. The van der Waals surface area contributed by atoms with Crippen LogP contribution in [0.15, 0.2) is 48.5 Å². The van der Waals surface area contributed by atoms with Crippen molar-refractivity contribution in [2.45, 2.75) is 46.8 Å². The topological polar surface area (TPSA) is 58.6 Å². The lowest BCUT2D eigenvalue weighted by Gasteiger charge is -2.21. The van der Waals surface area contributed by atoms with Crippen LogP contribution >= 0.6 is 0 Å². The number of hydrogen-bond donors (Lipinski definition) is 1. The van der Waals surface area contributed by atoms with Crippen LogP contribution in [0.5, 0.6) is 5.75 Å². The van der Waals surface area contributed by atoms with Crippen LogP contribution in [0.25, 0.3) is 0 Å². The Morgan fingerprint density at radius 1 is 1.07 bits per heavy atom. The van der Waals surface area contributed by atoms with Gasteiger partial charge in [0.1, 0.15) is 5.75 Å². The predicted molar refractivity (Wildman–Crippen MR) is 108 cm³/mol. The molecule has 5 heteroatoms. The Balaban J connectivity index is 1.91. The minimum atomic E-state index is -0.0979. The Labute approximate surface area is 161 Å². The van der Waals surface area contributed by atoms with Gasteiger partial charge in [0.2, 0.25) is 11.8 Å². The summed E-state index contributed by atoms with van der Waals surface area (Å²) < 4.78 is 5.62. The number of anilines is 1. The SMILES string of the molecule is CC(=O)N(CCC(=O)NCc1ccccc1C)c1ccc(OC(C)C)cc1. The quantitative estimate of drug-likeness (QED) is 0.770. The van der Waals surface area contributed by atoms with Gasteiger partial charge >= 0.3 is 0 Å². The van der Waals surface area contributed by atoms with E-state index in [1.54, 1.807) is 4.90 Å². The lowest BCUT2D eigenvalue weighted by atomic mass is 10.1. The zero-order valence-electron chi connectivity index (χ0n) is 16.5. The predicted octanol–water partition coefficient (Wildman–Crippen LogP) is 3.84. The summed E-state index contributed by atoms with van der Waals surface area (Å²) >= 11 is 0. The van der Waals surface area contributed by atoms with Gasteiger partial charge in [0.15, 0.2) is 0 Å². The van der Waals surface area contributed by atoms with Crippen LogP contribution in [0, 0.1) is 6.92 Å². The monoisotopic (exact) mass is 368 g/mol. The number of aryl methyl sites for hydroxylation is 1. The van der Waals surface area contributed by atoms with Gasteiger partial charge in [0.25, 0.3) is 0 Å². The smallest absolute Gasteiger partial charge is 0.223 e. The molecule has 1 N–H and O–H groups in total. The molecule has 0 saturated carbocycles. The van der Waals surface area contributed by atoms with Gasteiger partial charge in [0, 0.05) is 32.1 Å². The Morgan fingerprint density at radius 2 is 1.74 bits per heavy atom. The molecular weight excluding hydrogens is 340 g/mol. The molecular formula is C22H28N2O3. The number of carbonyl (C=O) groups excluding carboxylic acids is 2. The molecule has 0 aliphatic carbocycles. The first-order valence-corrected chi connectivity index (χ1v) is 9.23. The lowest BCUT2D eigenvalue weighted by Crippen LogP contribution is -2.33. The van der Waals surface area contributed by atoms with Crippen LogP contribution in [0.3, 0.4) is 0 Å². The maximum absolute atomic E-state index is 12.2. The van der Waals surface area contributed by atoms with E-state index in [4.69, 9.17) is 4.74 Å². The molecule has 0 bridgehead atoms. The van der Waals surface area contributed by atoms with E-state index in [1.807, 2.05) is 69.3 Å². The maximum Gasteiger partial charge on any atom is 0.223 e. The van der Waals surface area contributed by atoms with Crippen LogP contribution < -0.4 is 15.0 Å². The van der Waals surface area contributed by atoms with Gasteiger partial charge in [-0.15, -0.1) is 0 Å². The summed E-state index contributed by atoms with van der Waals surface area (Å²) in [7, 11) is 0. The maximum atomic E-state index is 12.2. The van der Waals surface area contributed by atoms with Gasteiger partial charge in [-0.05, 0) is 56.2 Å². The van der Waals surface area contributed by atoms with Crippen molar-refractivity contribution >= 4 is 17.5 Å². The standard InChI is InChI=1S/C22H28N2O3/c1-16(2)27-21-11-9-20(10-12-21)24(18(4)25)14-13-22(26)23-15-19-8-6-5-7-17(19)3/h5-12,16H,13-15H2,1-4H3,(H,23,26). The van der Waals surface area contributed by atoms with Gasteiger partial charge in [0.05, 0.1) is 6.10 Å². The highest BCUT2D eigenvalue weighted by molar-refractivity contribution is 5.92. The van der Waals surface area contributed by atoms with E-state index in [-0.39, 0.29) is 24.3 Å². The molecule has 0 aliphatic rings. The number of carbonyl (C=O) groups is 2. The first-order valence-electron chi connectivity index (χ1n) is 9.23. The fourth-order valence-electron chi connectivity index (χ4n) is 2.75. The van der Waals surface area contributed by atoms with E-state index in [9.17, 15) is 9.59 Å². The molecule has 0 aliphatic heterocycles. The van der Waals surface area contributed by atoms with Crippen LogP contribution in [-0.4, -0.2) is 24.5 Å². The average molecular weight is 368 g/mol. The van der Waals surface area contributed by atoms with E-state index < -0.39 is 0 Å². The van der Waals surface area contributed by atoms with Gasteiger partial charge in [-0.2, -0.15) is 0 Å². The summed E-state index contributed by atoms with van der Waals surface area (Å²) in [5, 5.41) is 2.92. The molecule has 0 heterocycles. The van der Waals surface area contributed by atoms with Crippen molar-refractivity contribution in [2.24, 2.45) is 0 Å². The highest BCUT2D eigenvalue weighted by atomic mass is 16.5. The summed E-state index contributed by atoms with van der Waals surface area (Å²) in [5.41, 5.74) is 2.99. The van der Waals surface area contributed by atoms with Crippen molar-refractivity contribution in [1.29, 1.82) is 0 Å². The molecule has 0 fully saturated rings. The van der Waals surface area contributed by atoms with E-state index in [2.05, 4.69) is 5.32 Å². The van der Waals surface area contributed by atoms with Crippen LogP contribution in [-0.2, 0) is 16.1 Å². The number of ether oxygens (including phenoxy) is 1. The Bertz CT molecular complexity index is 769. The summed E-state index contributed by atoms with van der Waals surface area (Å²) in [4.78, 5) is 25.8. The van der Waals surface area contributed by atoms with Crippen LogP contribution in [0.4, 0.5) is 5.69 Å². The molecule has 2 aromatic rings. The molecule has 144 valence electrons. The minimum absolute atomic E-state index is 0.0794. The number of nitrogens with one attached hydrogen (secondary N) is 1. The Morgan fingerprint density at radius 3 is 2.33 bits per heavy atom. The normalized spacial score (nSPS) is 10.6. The molecule has 0 unspecified atom stereocenters. The highest BCUT2D eigenvalue weighted by Gasteiger charge is 2.14. The van der Waals surface area contributed by atoms with Gasteiger partial charge < -0.3 is 15.0 Å². The first-order chi connectivity index (χ1) is 12.9.